The molecule has 0 saturated carbocycles. The Bertz CT molecular complexity index is 817. The van der Waals surface area contributed by atoms with Gasteiger partial charge in [0.25, 0.3) is 0 Å². The van der Waals surface area contributed by atoms with E-state index in [4.69, 9.17) is 9.84 Å². The van der Waals surface area contributed by atoms with Gasteiger partial charge in [-0.25, -0.2) is 4.39 Å². The number of anilines is 1. The molecule has 0 aliphatic heterocycles. The fourth-order valence-corrected chi connectivity index (χ4v) is 4.17. The number of nitrogens with one attached hydrogen (secondary N) is 1. The molecule has 2 aromatic rings. The maximum atomic E-state index is 14.7. The van der Waals surface area contributed by atoms with Gasteiger partial charge in [0.05, 0.1) is 14.6 Å². The molecule has 0 aliphatic carbocycles. The van der Waals surface area contributed by atoms with E-state index in [1.54, 1.807) is 12.1 Å². The number of ether oxygens (including phenoxy) is 1. The number of hydrogen-bond acceptors (Lipinski definition) is 3. The summed E-state index contributed by atoms with van der Waals surface area (Å²) in [4.78, 5) is 10.7. The smallest absolute Gasteiger partial charge is 0.303 e. The number of halogens is 3. The molecule has 146 valence electrons. The lowest BCUT2D eigenvalue weighted by Gasteiger charge is -2.16. The van der Waals surface area contributed by atoms with Crippen LogP contribution >= 0.6 is 31.9 Å². The van der Waals surface area contributed by atoms with E-state index in [-0.39, 0.29) is 24.9 Å². The van der Waals surface area contributed by atoms with Gasteiger partial charge in [-0.05, 0) is 94.4 Å². The molecular formula is C20H22Br2FNO3. The van der Waals surface area contributed by atoms with Crippen molar-refractivity contribution in [1.82, 2.24) is 0 Å². The van der Waals surface area contributed by atoms with Crippen molar-refractivity contribution in [1.29, 1.82) is 0 Å². The highest BCUT2D eigenvalue weighted by Gasteiger charge is 2.14. The first-order valence-electron chi connectivity index (χ1n) is 8.55. The molecule has 0 unspecified atom stereocenters. The van der Waals surface area contributed by atoms with Crippen LogP contribution < -0.4 is 10.1 Å². The fourth-order valence-electron chi connectivity index (χ4n) is 2.66. The van der Waals surface area contributed by atoms with E-state index in [1.165, 1.54) is 0 Å². The Labute approximate surface area is 175 Å². The highest BCUT2D eigenvalue weighted by atomic mass is 79.9. The van der Waals surface area contributed by atoms with Crippen molar-refractivity contribution in [2.75, 3.05) is 5.32 Å². The molecule has 2 rings (SSSR count). The van der Waals surface area contributed by atoms with E-state index in [9.17, 15) is 9.18 Å². The predicted molar refractivity (Wildman–Crippen MR) is 112 cm³/mol. The van der Waals surface area contributed by atoms with Gasteiger partial charge < -0.3 is 15.2 Å². The number of benzene rings is 2. The van der Waals surface area contributed by atoms with Gasteiger partial charge >= 0.3 is 5.97 Å². The Hall–Kier alpha value is -1.60. The minimum atomic E-state index is -0.844. The second-order valence-corrected chi connectivity index (χ2v) is 8.36. The van der Waals surface area contributed by atoms with Crippen molar-refractivity contribution in [3.8, 4) is 5.75 Å². The van der Waals surface area contributed by atoms with Crippen LogP contribution in [0.1, 0.15) is 37.0 Å². The molecule has 2 N–H and O–H groups in total. The zero-order valence-corrected chi connectivity index (χ0v) is 18.6. The Morgan fingerprint density at radius 3 is 2.41 bits per heavy atom. The lowest BCUT2D eigenvalue weighted by atomic mass is 10.1. The standard InChI is InChI=1S/C20H22Br2FNO3/c1-11(2)24-17-7-12(3)6-14(19(17)23)10-27-20-15(21)8-13(9-16(20)22)4-5-18(25)26/h6-9,11,24H,4-5,10H2,1-3H3,(H,25,26). The third-order valence-electron chi connectivity index (χ3n) is 3.79. The van der Waals surface area contributed by atoms with Crippen molar-refractivity contribution in [2.45, 2.75) is 46.3 Å². The lowest BCUT2D eigenvalue weighted by molar-refractivity contribution is -0.136. The van der Waals surface area contributed by atoms with Crippen molar-refractivity contribution in [3.05, 3.63) is 55.7 Å². The first kappa shape index (κ1) is 21.7. The van der Waals surface area contributed by atoms with Crippen LogP contribution in [-0.4, -0.2) is 17.1 Å². The summed E-state index contributed by atoms with van der Waals surface area (Å²) in [6.07, 6.45) is 0.475. The van der Waals surface area contributed by atoms with Gasteiger partial charge in [0.1, 0.15) is 12.4 Å². The Morgan fingerprint density at radius 1 is 1.22 bits per heavy atom. The van der Waals surface area contributed by atoms with Crippen LogP contribution in [0.3, 0.4) is 0 Å². The molecule has 0 aliphatic rings. The van der Waals surface area contributed by atoms with Crippen LogP contribution in [0.15, 0.2) is 33.2 Å². The lowest BCUT2D eigenvalue weighted by Crippen LogP contribution is -2.13. The second-order valence-electron chi connectivity index (χ2n) is 6.66. The summed E-state index contributed by atoms with van der Waals surface area (Å²) in [6.45, 7) is 5.90. The normalized spacial score (nSPS) is 10.9. The van der Waals surface area contributed by atoms with Gasteiger partial charge in [-0.2, -0.15) is 0 Å². The SMILES string of the molecule is Cc1cc(COc2c(Br)cc(CCC(=O)O)cc2Br)c(F)c(NC(C)C)c1. The molecule has 0 aromatic heterocycles. The molecule has 27 heavy (non-hydrogen) atoms. The summed E-state index contributed by atoms with van der Waals surface area (Å²) in [5.74, 6) is -0.615. The zero-order chi connectivity index (χ0) is 20.1. The van der Waals surface area contributed by atoms with Gasteiger partial charge in [-0.1, -0.05) is 0 Å². The first-order chi connectivity index (χ1) is 12.7. The third kappa shape index (κ3) is 6.21. The summed E-state index contributed by atoms with van der Waals surface area (Å²) in [5, 5.41) is 11.9. The van der Waals surface area contributed by atoms with Crippen LogP contribution in [0.25, 0.3) is 0 Å². The van der Waals surface area contributed by atoms with Gasteiger partial charge in [0.2, 0.25) is 0 Å². The molecule has 0 spiro atoms. The quantitative estimate of drug-likeness (QED) is 0.459. The number of aliphatic carboxylic acids is 1. The zero-order valence-electron chi connectivity index (χ0n) is 15.4. The van der Waals surface area contributed by atoms with Gasteiger partial charge in [-0.3, -0.25) is 4.79 Å². The van der Waals surface area contributed by atoms with E-state index in [1.807, 2.05) is 32.9 Å². The van der Waals surface area contributed by atoms with Crippen LogP contribution in [0.5, 0.6) is 5.75 Å². The largest absolute Gasteiger partial charge is 0.486 e. The molecule has 0 fully saturated rings. The Kier molecular flexibility index (Phi) is 7.68. The highest BCUT2D eigenvalue weighted by Crippen LogP contribution is 2.36. The highest BCUT2D eigenvalue weighted by molar-refractivity contribution is 9.11. The number of carbonyl (C=O) groups is 1. The topological polar surface area (TPSA) is 58.6 Å². The van der Waals surface area contributed by atoms with E-state index >= 15 is 0 Å². The van der Waals surface area contributed by atoms with Crippen LogP contribution in [0.2, 0.25) is 0 Å². The molecule has 0 amide bonds. The Balaban J connectivity index is 2.19. The van der Waals surface area contributed by atoms with E-state index in [0.717, 1.165) is 11.1 Å². The number of carboxylic acids is 1. The molecule has 7 heteroatoms. The predicted octanol–water partition coefficient (Wildman–Crippen LogP) is 6.08. The summed E-state index contributed by atoms with van der Waals surface area (Å²) >= 11 is 6.90. The molecule has 0 bridgehead atoms. The van der Waals surface area contributed by atoms with Gasteiger partial charge in [0.15, 0.2) is 5.82 Å². The average Bonchev–Trinajstić information content (AvgIpc) is 2.55. The first-order valence-corrected chi connectivity index (χ1v) is 10.1. The number of aryl methyl sites for hydroxylation is 2. The van der Waals surface area contributed by atoms with Crippen molar-refractivity contribution >= 4 is 43.5 Å². The minimum absolute atomic E-state index is 0.0548. The van der Waals surface area contributed by atoms with Crippen LogP contribution in [0, 0.1) is 12.7 Å². The number of rotatable bonds is 8. The van der Waals surface area contributed by atoms with Gasteiger partial charge in [-0.15, -0.1) is 0 Å². The third-order valence-corrected chi connectivity index (χ3v) is 4.97. The van der Waals surface area contributed by atoms with E-state index in [2.05, 4.69) is 37.2 Å². The van der Waals surface area contributed by atoms with Crippen LogP contribution in [-0.2, 0) is 17.8 Å². The molecule has 0 heterocycles. The summed E-state index contributed by atoms with van der Waals surface area (Å²) in [6, 6.07) is 7.31. The van der Waals surface area contributed by atoms with Crippen molar-refractivity contribution < 1.29 is 19.0 Å². The molecule has 0 radical (unpaired) electrons. The van der Waals surface area contributed by atoms with Crippen molar-refractivity contribution in [3.63, 3.8) is 0 Å². The average molecular weight is 503 g/mol. The van der Waals surface area contributed by atoms with E-state index in [0.29, 0.717) is 32.4 Å². The molecule has 0 atom stereocenters. The molecule has 2 aromatic carbocycles. The summed E-state index contributed by atoms with van der Waals surface area (Å²) in [5.41, 5.74) is 2.74. The maximum absolute atomic E-state index is 14.7. The summed E-state index contributed by atoms with van der Waals surface area (Å²) in [7, 11) is 0. The number of hydrogen-bond donors (Lipinski definition) is 2. The Morgan fingerprint density at radius 2 is 1.85 bits per heavy atom. The van der Waals surface area contributed by atoms with Crippen molar-refractivity contribution in [2.24, 2.45) is 0 Å². The molecule has 0 saturated heterocycles. The van der Waals surface area contributed by atoms with E-state index < -0.39 is 5.97 Å². The van der Waals surface area contributed by atoms with Crippen LogP contribution in [0.4, 0.5) is 10.1 Å². The maximum Gasteiger partial charge on any atom is 0.303 e. The minimum Gasteiger partial charge on any atom is -0.486 e. The summed E-state index contributed by atoms with van der Waals surface area (Å²) < 4.78 is 22.0. The second kappa shape index (κ2) is 9.55. The monoisotopic (exact) mass is 501 g/mol. The number of carboxylic acid groups (broad SMARTS) is 1. The molecular weight excluding hydrogens is 481 g/mol. The fraction of sp³-hybridized carbons (Fsp3) is 0.350. The molecule has 4 nitrogen and oxygen atoms in total. The van der Waals surface area contributed by atoms with Gasteiger partial charge in [0, 0.05) is 18.0 Å².